The number of hydrogen-bond acceptors (Lipinski definition) is 1. The summed E-state index contributed by atoms with van der Waals surface area (Å²) in [6.45, 7) is 8.77. The molecule has 1 aliphatic carbocycles. The highest BCUT2D eigenvalue weighted by atomic mass is 15.2. The van der Waals surface area contributed by atoms with Crippen LogP contribution in [0.4, 0.5) is 0 Å². The first-order chi connectivity index (χ1) is 6.04. The van der Waals surface area contributed by atoms with E-state index in [1.54, 1.807) is 0 Å². The van der Waals surface area contributed by atoms with E-state index in [4.69, 9.17) is 0 Å². The van der Waals surface area contributed by atoms with Crippen LogP contribution >= 0.6 is 0 Å². The highest BCUT2D eigenvalue weighted by Crippen LogP contribution is 2.40. The van der Waals surface area contributed by atoms with Crippen molar-refractivity contribution in [2.24, 2.45) is 0 Å². The van der Waals surface area contributed by atoms with Crippen LogP contribution in [-0.4, -0.2) is 18.0 Å². The second-order valence-corrected chi connectivity index (χ2v) is 4.07. The van der Waals surface area contributed by atoms with E-state index in [0.29, 0.717) is 6.04 Å². The smallest absolute Gasteiger partial charge is 0.0762 e. The Morgan fingerprint density at radius 1 is 1.08 bits per heavy atom. The van der Waals surface area contributed by atoms with Crippen molar-refractivity contribution >= 4 is 0 Å². The maximum atomic E-state index is 3.46. The van der Waals surface area contributed by atoms with E-state index in [0.717, 1.165) is 0 Å². The highest BCUT2D eigenvalue weighted by molar-refractivity contribution is 5.55. The Labute approximate surface area is 80.4 Å². The monoisotopic (exact) mass is 174 g/mol. The molecule has 0 saturated carbocycles. The van der Waals surface area contributed by atoms with Crippen LogP contribution < -0.4 is 0 Å². The van der Waals surface area contributed by atoms with Gasteiger partial charge >= 0.3 is 0 Å². The summed E-state index contributed by atoms with van der Waals surface area (Å²) in [6, 6.07) is 0.486. The fourth-order valence-corrected chi connectivity index (χ4v) is 2.25. The summed E-state index contributed by atoms with van der Waals surface area (Å²) in [4.78, 5) is 2.31. The Morgan fingerprint density at radius 2 is 1.69 bits per heavy atom. The molecule has 0 N–H and O–H groups in total. The number of fused-ring (bicyclic) bond motifs is 1. The molecule has 1 heteroatoms. The van der Waals surface area contributed by atoms with Crippen LogP contribution in [0.3, 0.4) is 0 Å². The maximum Gasteiger partial charge on any atom is 0.0762 e. The van der Waals surface area contributed by atoms with Crippen molar-refractivity contribution in [3.8, 4) is 0 Å². The molecule has 1 radical (unpaired) electrons. The molecule has 0 spiro atoms. The van der Waals surface area contributed by atoms with Gasteiger partial charge < -0.3 is 4.90 Å². The molecule has 13 heavy (non-hydrogen) atoms. The third kappa shape index (κ3) is 0.932. The van der Waals surface area contributed by atoms with Crippen LogP contribution in [0, 0.1) is 6.08 Å². The molecule has 1 unspecified atom stereocenters. The third-order valence-electron chi connectivity index (χ3n) is 3.47. The lowest BCUT2D eigenvalue weighted by Gasteiger charge is -2.23. The highest BCUT2D eigenvalue weighted by Gasteiger charge is 2.33. The van der Waals surface area contributed by atoms with E-state index in [-0.39, 0.29) is 0 Å². The molecule has 1 atom stereocenters. The molecule has 1 aliphatic heterocycles. The lowest BCUT2D eigenvalue weighted by molar-refractivity contribution is 0.404. The quantitative estimate of drug-likeness (QED) is 0.545. The van der Waals surface area contributed by atoms with Gasteiger partial charge in [0, 0.05) is 18.8 Å². The predicted octanol–water partition coefficient (Wildman–Crippen LogP) is 2.67. The van der Waals surface area contributed by atoms with Gasteiger partial charge in [0.25, 0.3) is 0 Å². The fraction of sp³-hybridized carbons (Fsp3) is 0.500. The van der Waals surface area contributed by atoms with Crippen LogP contribution in [0.15, 0.2) is 28.0 Å². The molecule has 2 rings (SSSR count). The lowest BCUT2D eigenvalue weighted by Crippen LogP contribution is -2.26. The third-order valence-corrected chi connectivity index (χ3v) is 3.47. The molecule has 0 fully saturated rings. The number of hydrogen-bond donors (Lipinski definition) is 0. The van der Waals surface area contributed by atoms with Crippen LogP contribution in [0.25, 0.3) is 0 Å². The van der Waals surface area contributed by atoms with Gasteiger partial charge in [0.15, 0.2) is 0 Å². The van der Waals surface area contributed by atoms with Gasteiger partial charge in [-0.25, -0.2) is 0 Å². The summed E-state index contributed by atoms with van der Waals surface area (Å²) in [5.41, 5.74) is 7.00. The lowest BCUT2D eigenvalue weighted by atomic mass is 10.1. The molecule has 0 aromatic carbocycles. The van der Waals surface area contributed by atoms with Crippen molar-refractivity contribution in [1.29, 1.82) is 0 Å². The maximum absolute atomic E-state index is 3.46. The minimum absolute atomic E-state index is 0.486. The topological polar surface area (TPSA) is 3.24 Å². The summed E-state index contributed by atoms with van der Waals surface area (Å²) >= 11 is 0. The van der Waals surface area contributed by atoms with Gasteiger partial charge in [-0.05, 0) is 50.0 Å². The molecule has 1 nitrogen and oxygen atoms in total. The van der Waals surface area contributed by atoms with Gasteiger partial charge in [-0.3, -0.25) is 0 Å². The first-order valence-electron chi connectivity index (χ1n) is 4.76. The van der Waals surface area contributed by atoms with E-state index in [9.17, 15) is 0 Å². The fourth-order valence-electron chi connectivity index (χ4n) is 2.25. The minimum atomic E-state index is 0.486. The van der Waals surface area contributed by atoms with E-state index < -0.39 is 0 Å². The molecule has 0 saturated heterocycles. The largest absolute Gasteiger partial charge is 0.367 e. The van der Waals surface area contributed by atoms with Crippen molar-refractivity contribution in [3.63, 3.8) is 0 Å². The van der Waals surface area contributed by atoms with Crippen LogP contribution in [-0.2, 0) is 0 Å². The summed E-state index contributed by atoms with van der Waals surface area (Å²) in [6.07, 6.45) is 3.46. The molecule has 1 heterocycles. The Hall–Kier alpha value is -0.980. The Morgan fingerprint density at radius 3 is 2.23 bits per heavy atom. The standard InChI is InChI=1S/C12H16N/c1-7-6-11-9(3)8(2)10(4)12(11)13(7)5/h12H,1-5H3. The molecule has 2 aliphatic rings. The zero-order valence-corrected chi connectivity index (χ0v) is 9.02. The molecule has 0 aromatic rings. The van der Waals surface area contributed by atoms with Crippen molar-refractivity contribution in [2.75, 3.05) is 7.05 Å². The number of likely N-dealkylation sites (N-methyl/N-ethyl adjacent to an activating group) is 1. The van der Waals surface area contributed by atoms with Gasteiger partial charge in [-0.2, -0.15) is 0 Å². The molecule has 0 aromatic heterocycles. The second-order valence-electron chi connectivity index (χ2n) is 4.07. The van der Waals surface area contributed by atoms with E-state index in [2.05, 4.69) is 45.7 Å². The minimum Gasteiger partial charge on any atom is -0.367 e. The summed E-state index contributed by atoms with van der Waals surface area (Å²) in [5.74, 6) is 0. The van der Waals surface area contributed by atoms with Gasteiger partial charge in [0.2, 0.25) is 0 Å². The number of rotatable bonds is 0. The Balaban J connectivity index is 2.54. The van der Waals surface area contributed by atoms with Gasteiger partial charge in [-0.15, -0.1) is 0 Å². The van der Waals surface area contributed by atoms with E-state index >= 15 is 0 Å². The SMILES string of the molecule is CC1=[C]C2=C(C)C(C)=C(C)C2N1C. The van der Waals surface area contributed by atoms with Gasteiger partial charge in [0.05, 0.1) is 6.04 Å². The normalized spacial score (nSPS) is 27.3. The van der Waals surface area contributed by atoms with Crippen LogP contribution in [0.2, 0.25) is 0 Å². The number of nitrogens with zero attached hydrogens (tertiary/aromatic N) is 1. The molecule has 69 valence electrons. The first-order valence-corrected chi connectivity index (χ1v) is 4.76. The van der Waals surface area contributed by atoms with Gasteiger partial charge in [-0.1, -0.05) is 0 Å². The zero-order chi connectivity index (χ0) is 9.75. The Bertz CT molecular complexity index is 355. The summed E-state index contributed by atoms with van der Waals surface area (Å²) < 4.78 is 0. The van der Waals surface area contributed by atoms with Crippen LogP contribution in [0.5, 0.6) is 0 Å². The van der Waals surface area contributed by atoms with Gasteiger partial charge in [0.1, 0.15) is 0 Å². The zero-order valence-electron chi connectivity index (χ0n) is 9.02. The van der Waals surface area contributed by atoms with E-state index in [1.807, 2.05) is 0 Å². The molecular formula is C12H16N. The number of allylic oxidation sites excluding steroid dienone is 3. The first kappa shape index (κ1) is 8.61. The predicted molar refractivity (Wildman–Crippen MR) is 55.1 cm³/mol. The Kier molecular flexibility index (Phi) is 1.66. The molecule has 0 bridgehead atoms. The van der Waals surface area contributed by atoms with E-state index in [1.165, 1.54) is 28.0 Å². The van der Waals surface area contributed by atoms with Crippen LogP contribution in [0.1, 0.15) is 27.7 Å². The van der Waals surface area contributed by atoms with Crippen molar-refractivity contribution in [3.05, 3.63) is 34.1 Å². The molecular weight excluding hydrogens is 158 g/mol. The average Bonchev–Trinajstić information content (AvgIpc) is 2.48. The van der Waals surface area contributed by atoms with Crippen molar-refractivity contribution in [1.82, 2.24) is 4.90 Å². The second kappa shape index (κ2) is 2.50. The summed E-state index contributed by atoms with van der Waals surface area (Å²) in [5, 5.41) is 0. The molecule has 0 amide bonds. The summed E-state index contributed by atoms with van der Waals surface area (Å²) in [7, 11) is 2.15. The van der Waals surface area contributed by atoms with Crippen molar-refractivity contribution < 1.29 is 0 Å². The average molecular weight is 174 g/mol. The van der Waals surface area contributed by atoms with Crippen molar-refractivity contribution in [2.45, 2.75) is 33.7 Å².